The zero-order valence-electron chi connectivity index (χ0n) is 56.4. The minimum absolute atomic E-state index is 0.112. The van der Waals surface area contributed by atoms with Gasteiger partial charge in [-0.05, 0) is 131 Å². The third-order valence-corrected chi connectivity index (χ3v) is 18.6. The van der Waals surface area contributed by atoms with E-state index in [1.165, 1.54) is 27.4 Å². The molecule has 0 saturated carbocycles. The van der Waals surface area contributed by atoms with Crippen molar-refractivity contribution < 1.29 is 51.1 Å². The summed E-state index contributed by atoms with van der Waals surface area (Å²) >= 11 is 35.0. The molecule has 6 heterocycles. The Bertz CT molecular complexity index is 5230. The van der Waals surface area contributed by atoms with E-state index in [0.29, 0.717) is 150 Å². The number of aryl methyl sites for hydroxylation is 2. The Morgan fingerprint density at radius 2 is 0.733 bits per heavy atom. The van der Waals surface area contributed by atoms with Crippen LogP contribution in [-0.2, 0) is 118 Å². The first-order chi connectivity index (χ1) is 50.6. The topological polar surface area (TPSA) is 283 Å². The monoisotopic (exact) mass is 1580 g/mol. The zero-order chi connectivity index (χ0) is 75.4. The maximum atomic E-state index is 13.7. The summed E-state index contributed by atoms with van der Waals surface area (Å²) in [6.45, 7) is 2.10. The summed E-state index contributed by atoms with van der Waals surface area (Å²) in [4.78, 5) is 120. The summed E-state index contributed by atoms with van der Waals surface area (Å²) in [6, 6.07) is 44.0. The molecule has 1 aliphatic heterocycles. The number of carbonyl (C=O) groups is 3. The van der Waals surface area contributed by atoms with Gasteiger partial charge in [0, 0.05) is 107 Å². The molecule has 11 aromatic rings. The molecule has 12 rings (SSSR count). The predicted molar refractivity (Wildman–Crippen MR) is 399 cm³/mol. The van der Waals surface area contributed by atoms with Crippen LogP contribution in [0.5, 0.6) is 0 Å². The van der Waals surface area contributed by atoms with Crippen molar-refractivity contribution in [3.63, 3.8) is 0 Å². The van der Waals surface area contributed by atoms with Crippen molar-refractivity contribution in [3.8, 4) is 22.5 Å². The summed E-state index contributed by atoms with van der Waals surface area (Å²) in [7, 11) is 4.88. The Kier molecular flexibility index (Phi) is 28.3. The molecular formula is C75H65Cl6MnN9O14. The van der Waals surface area contributed by atoms with Gasteiger partial charge in [0.25, 0.3) is 36.1 Å². The first-order valence-corrected chi connectivity index (χ1v) is 35.5. The number of nitrogens with one attached hydrogen (secondary N) is 1. The van der Waals surface area contributed by atoms with E-state index in [-0.39, 0.29) is 45.0 Å². The molecule has 0 unspecified atom stereocenters. The molecule has 0 radical (unpaired) electrons. The molecule has 1 aliphatic rings. The van der Waals surface area contributed by atoms with Crippen LogP contribution in [0.25, 0.3) is 55.6 Å². The second kappa shape index (κ2) is 37.6. The van der Waals surface area contributed by atoms with Gasteiger partial charge in [-0.1, -0.05) is 142 Å². The minimum atomic E-state index is -1.44. The molecule has 0 atom stereocenters. The predicted octanol–water partition coefficient (Wildman–Crippen LogP) is 11.8. The molecule has 0 fully saturated rings. The normalized spacial score (nSPS) is 11.4. The summed E-state index contributed by atoms with van der Waals surface area (Å²) < 4.78 is 38.9. The Morgan fingerprint density at radius 1 is 0.429 bits per heavy atom. The van der Waals surface area contributed by atoms with Crippen LogP contribution in [0.2, 0.25) is 30.1 Å². The number of benzene rings is 6. The molecule has 1 N–H and O–H groups in total. The fraction of sp³-hybridized carbons (Fsp3) is 0.213. The van der Waals surface area contributed by atoms with E-state index in [2.05, 4.69) is 15.3 Å². The molecule has 0 spiro atoms. The van der Waals surface area contributed by atoms with E-state index in [1.807, 2.05) is 84.9 Å². The van der Waals surface area contributed by atoms with E-state index >= 15 is 0 Å². The maximum absolute atomic E-state index is 13.7. The number of allylic oxidation sites excluding steroid dienone is 1. The Balaban J connectivity index is 0.000000179. The average molecular weight is 1580 g/mol. The number of hydrogen-bond acceptors (Lipinski definition) is 17. The van der Waals surface area contributed by atoms with Crippen LogP contribution in [0.1, 0.15) is 63.9 Å². The molecular weight excluding hydrogens is 1520 g/mol. The molecule has 0 saturated heterocycles. The Labute approximate surface area is 634 Å². The van der Waals surface area contributed by atoms with Gasteiger partial charge in [0.2, 0.25) is 0 Å². The summed E-state index contributed by atoms with van der Waals surface area (Å²) in [5, 5.41) is 7.87. The molecule has 23 nitrogen and oxygen atoms in total. The van der Waals surface area contributed by atoms with Gasteiger partial charge in [-0.3, -0.25) is 66.1 Å². The van der Waals surface area contributed by atoms with Crippen molar-refractivity contribution in [2.45, 2.75) is 64.7 Å². The van der Waals surface area contributed by atoms with E-state index < -0.39 is 43.0 Å². The number of halogens is 6. The van der Waals surface area contributed by atoms with Crippen molar-refractivity contribution >= 4 is 122 Å². The molecule has 105 heavy (non-hydrogen) atoms. The first kappa shape index (κ1) is 79.1. The van der Waals surface area contributed by atoms with Crippen molar-refractivity contribution in [2.75, 3.05) is 19.8 Å². The van der Waals surface area contributed by atoms with Gasteiger partial charge in [0.05, 0.1) is 83.2 Å². The van der Waals surface area contributed by atoms with Crippen LogP contribution in [0.4, 0.5) is 0 Å². The van der Waals surface area contributed by atoms with Gasteiger partial charge in [0.15, 0.2) is 0 Å². The Hall–Kier alpha value is -10.0. The zero-order valence-corrected chi connectivity index (χ0v) is 62.1. The number of hydrogen-bond donors (Lipinski definition) is 1. The number of pyridine rings is 2. The van der Waals surface area contributed by atoms with Gasteiger partial charge in [-0.2, -0.15) is 0 Å². The standard InChI is InChI=1S/C25H23Cl2N3O4.2C25H21Cl2N3O4.Mn.2O/c3*1-29-21-14-28-23(17-5-9-19(27)10-6-17)20(13-16-3-7-18(26)8-4-16)22(21)24(32)30(25(29)33)11-2-12-34-15-31;;;/h3-10,15,28H,2,11-14H2,1H3;2*3-10,14-15H,2,11-13H2,1H3;;;. The number of nitrogens with zero attached hydrogens (tertiary/aromatic N) is 8. The quantitative estimate of drug-likeness (QED) is 0.0255. The number of ether oxygens (including phenoxy) is 3. The third kappa shape index (κ3) is 19.3. The number of carbonyl (C=O) groups excluding carboxylic acids is 3. The first-order valence-electron chi connectivity index (χ1n) is 32.2. The van der Waals surface area contributed by atoms with Crippen LogP contribution in [0.15, 0.2) is 187 Å². The van der Waals surface area contributed by atoms with Crippen LogP contribution in [0, 0.1) is 0 Å². The van der Waals surface area contributed by atoms with Crippen molar-refractivity contribution in [3.05, 3.63) is 295 Å². The summed E-state index contributed by atoms with van der Waals surface area (Å²) in [5.74, 6) is 0. The number of rotatable bonds is 24. The van der Waals surface area contributed by atoms with E-state index in [0.717, 1.165) is 44.7 Å². The average Bonchev–Trinajstić information content (AvgIpc) is 0.760. The molecule has 0 amide bonds. The van der Waals surface area contributed by atoms with Gasteiger partial charge < -0.3 is 19.5 Å². The van der Waals surface area contributed by atoms with Crippen LogP contribution in [0.3, 0.4) is 0 Å². The molecule has 6 aromatic carbocycles. The third-order valence-electron chi connectivity index (χ3n) is 17.1. The molecule has 0 bridgehead atoms. The van der Waals surface area contributed by atoms with E-state index in [9.17, 15) is 43.2 Å². The van der Waals surface area contributed by atoms with Crippen LogP contribution in [-0.4, -0.2) is 76.6 Å². The molecule has 5 aromatic heterocycles. The second-order valence-electron chi connectivity index (χ2n) is 23.6. The van der Waals surface area contributed by atoms with Gasteiger partial charge >= 0.3 is 39.6 Å². The number of fused-ring (bicyclic) bond motifs is 3. The van der Waals surface area contributed by atoms with Gasteiger partial charge in [0.1, 0.15) is 0 Å². The molecule has 543 valence electrons. The number of aromatic nitrogens is 8. The van der Waals surface area contributed by atoms with Crippen molar-refractivity contribution in [1.29, 1.82) is 0 Å². The fourth-order valence-corrected chi connectivity index (χ4v) is 12.8. The van der Waals surface area contributed by atoms with Gasteiger partial charge in [-0.15, -0.1) is 0 Å². The SMILES string of the molecule is Cn1c(=O)n(CCCOC=O)c(=O)c2c(Cc3ccc(Cl)cc3)c(-c3ccc(Cl)cc3)ncc21.Cn1c(=O)n(CCCOC=O)c(=O)c2c(Cc3ccc(Cl)cc3)c(-c3ccc(Cl)cc3)ncc21.Cn1c2c(c(=O)n(CCCOC=O)c1=O)C(Cc1ccc(Cl)cc1)=C(c1ccc(Cl)cc1)NC2.[O]=[Mn]=[O]. The summed E-state index contributed by atoms with van der Waals surface area (Å²) in [6.07, 6.45) is 5.38. The molecule has 30 heteroatoms. The Morgan fingerprint density at radius 3 is 1.08 bits per heavy atom. The van der Waals surface area contributed by atoms with Crippen molar-refractivity contribution in [1.82, 2.24) is 42.7 Å². The second-order valence-corrected chi connectivity index (χ2v) is 26.4. The fourth-order valence-electron chi connectivity index (χ4n) is 12.0. The van der Waals surface area contributed by atoms with E-state index in [4.69, 9.17) is 91.5 Å². The van der Waals surface area contributed by atoms with Crippen LogP contribution >= 0.6 is 69.6 Å². The molecule has 0 aliphatic carbocycles. The van der Waals surface area contributed by atoms with Crippen LogP contribution < -0.4 is 39.1 Å². The van der Waals surface area contributed by atoms with E-state index in [1.54, 1.807) is 94.2 Å². The van der Waals surface area contributed by atoms with Crippen molar-refractivity contribution in [2.24, 2.45) is 21.1 Å². The summed E-state index contributed by atoms with van der Waals surface area (Å²) in [5.41, 5.74) is 9.08. The van der Waals surface area contributed by atoms with Gasteiger partial charge in [-0.25, -0.2) is 14.4 Å².